The smallest absolute Gasteiger partial charge is 0.145 e. The van der Waals surface area contributed by atoms with Gasteiger partial charge in [-0.2, -0.15) is 0 Å². The van der Waals surface area contributed by atoms with Crippen molar-refractivity contribution in [1.82, 2.24) is 0 Å². The number of hydrogen-bond acceptors (Lipinski definition) is 4. The Labute approximate surface area is 295 Å². The Hall–Kier alpha value is -6.52. The largest absolute Gasteiger partial charge is 0.456 e. The number of hydrogen-bond donors (Lipinski definition) is 1. The van der Waals surface area contributed by atoms with Crippen LogP contribution in [0.25, 0.3) is 56.0 Å². The lowest BCUT2D eigenvalue weighted by molar-refractivity contribution is 0.632. The van der Waals surface area contributed by atoms with Gasteiger partial charge in [-0.05, 0) is 77.4 Å². The molecule has 0 spiro atoms. The van der Waals surface area contributed by atoms with E-state index >= 15 is 0 Å². The molecule has 0 fully saturated rings. The van der Waals surface area contributed by atoms with Gasteiger partial charge in [0.25, 0.3) is 0 Å². The van der Waals surface area contributed by atoms with Gasteiger partial charge in [0.15, 0.2) is 0 Å². The average Bonchev–Trinajstić information content (AvgIpc) is 3.71. The fraction of sp³-hybridized carbons (Fsp3) is 0.0638. The van der Waals surface area contributed by atoms with Crippen LogP contribution >= 0.6 is 0 Å². The van der Waals surface area contributed by atoms with Crippen LogP contribution in [0.2, 0.25) is 0 Å². The lowest BCUT2D eigenvalue weighted by Gasteiger charge is -2.33. The van der Waals surface area contributed by atoms with Crippen molar-refractivity contribution in [2.75, 3.05) is 10.2 Å². The summed E-state index contributed by atoms with van der Waals surface area (Å²) in [5.41, 5.74) is 12.9. The number of benzene rings is 7. The first-order valence-corrected chi connectivity index (χ1v) is 17.4. The van der Waals surface area contributed by atoms with Gasteiger partial charge in [-0.3, -0.25) is 0 Å². The highest BCUT2D eigenvalue weighted by Gasteiger charge is 2.37. The third kappa shape index (κ3) is 4.53. The monoisotopic (exact) mass is 658 g/mol. The van der Waals surface area contributed by atoms with Gasteiger partial charge in [0, 0.05) is 38.8 Å². The lowest BCUT2D eigenvalue weighted by atomic mass is 9.73. The minimum atomic E-state index is -0.487. The molecule has 0 atom stereocenters. The average molecular weight is 659 g/mol. The zero-order valence-electron chi connectivity index (χ0n) is 28.4. The molecule has 244 valence electrons. The van der Waals surface area contributed by atoms with Crippen molar-refractivity contribution in [1.29, 1.82) is 0 Å². The maximum atomic E-state index is 6.90. The molecular formula is C47H34N2O2. The molecule has 0 saturated carbocycles. The Morgan fingerprint density at radius 1 is 0.549 bits per heavy atom. The van der Waals surface area contributed by atoms with Crippen LogP contribution in [0.5, 0.6) is 0 Å². The van der Waals surface area contributed by atoms with Gasteiger partial charge >= 0.3 is 0 Å². The second-order valence-corrected chi connectivity index (χ2v) is 13.8. The summed E-state index contributed by atoms with van der Waals surface area (Å²) >= 11 is 0. The predicted molar refractivity (Wildman–Crippen MR) is 213 cm³/mol. The van der Waals surface area contributed by atoms with Crippen molar-refractivity contribution < 1.29 is 8.83 Å². The Kier molecular flexibility index (Phi) is 6.49. The number of para-hydroxylation sites is 5. The third-order valence-electron chi connectivity index (χ3n) is 10.4. The van der Waals surface area contributed by atoms with Crippen molar-refractivity contribution in [2.24, 2.45) is 0 Å². The van der Waals surface area contributed by atoms with E-state index in [1.807, 2.05) is 18.2 Å². The molecule has 7 aromatic carbocycles. The van der Waals surface area contributed by atoms with Crippen LogP contribution in [0.1, 0.15) is 36.1 Å². The molecule has 2 aromatic heterocycles. The maximum absolute atomic E-state index is 6.90. The van der Waals surface area contributed by atoms with Gasteiger partial charge in [-0.25, -0.2) is 0 Å². The molecule has 0 unspecified atom stereocenters. The minimum Gasteiger partial charge on any atom is -0.456 e. The van der Waals surface area contributed by atoms with Crippen LogP contribution < -0.4 is 10.2 Å². The molecule has 0 saturated heterocycles. The summed E-state index contributed by atoms with van der Waals surface area (Å²) in [5.74, 6) is 0. The SMILES string of the molecule is CC1(C)c2cc(N(c3ccccc3)c3ccccc3)c3c(oc4ccccc43)c2C=Cc2cc3oc4ccccc4c3c(Nc3ccccc3)c21. The van der Waals surface area contributed by atoms with Gasteiger partial charge < -0.3 is 19.1 Å². The summed E-state index contributed by atoms with van der Waals surface area (Å²) in [7, 11) is 0. The van der Waals surface area contributed by atoms with E-state index in [9.17, 15) is 0 Å². The van der Waals surface area contributed by atoms with Crippen molar-refractivity contribution in [3.05, 3.63) is 174 Å². The second-order valence-electron chi connectivity index (χ2n) is 13.8. The predicted octanol–water partition coefficient (Wildman–Crippen LogP) is 13.5. The Morgan fingerprint density at radius 3 is 1.78 bits per heavy atom. The molecule has 2 heterocycles. The summed E-state index contributed by atoms with van der Waals surface area (Å²) in [6.45, 7) is 4.69. The van der Waals surface area contributed by atoms with Crippen LogP contribution in [0.3, 0.4) is 0 Å². The van der Waals surface area contributed by atoms with E-state index in [2.05, 4.69) is 170 Å². The summed E-state index contributed by atoms with van der Waals surface area (Å²) in [4.78, 5) is 2.37. The second kappa shape index (κ2) is 11.3. The van der Waals surface area contributed by atoms with E-state index in [-0.39, 0.29) is 0 Å². The van der Waals surface area contributed by atoms with E-state index in [0.717, 1.165) is 83.4 Å². The van der Waals surface area contributed by atoms with Crippen LogP contribution in [0, 0.1) is 0 Å². The lowest BCUT2D eigenvalue weighted by Crippen LogP contribution is -2.23. The van der Waals surface area contributed by atoms with Crippen molar-refractivity contribution >= 4 is 84.5 Å². The third-order valence-corrected chi connectivity index (χ3v) is 10.4. The molecule has 9 aromatic rings. The van der Waals surface area contributed by atoms with Crippen molar-refractivity contribution in [3.63, 3.8) is 0 Å². The molecule has 0 amide bonds. The first-order chi connectivity index (χ1) is 25.1. The number of fused-ring (bicyclic) bond motifs is 9. The molecule has 4 heteroatoms. The first kappa shape index (κ1) is 29.4. The summed E-state index contributed by atoms with van der Waals surface area (Å²) < 4.78 is 13.4. The van der Waals surface area contributed by atoms with Crippen LogP contribution in [-0.4, -0.2) is 0 Å². The molecule has 1 aliphatic carbocycles. The molecular weight excluding hydrogens is 625 g/mol. The quantitative estimate of drug-likeness (QED) is 0.200. The number of anilines is 5. The van der Waals surface area contributed by atoms with Crippen LogP contribution in [0.4, 0.5) is 28.4 Å². The Balaban J connectivity index is 1.32. The van der Waals surface area contributed by atoms with Crippen molar-refractivity contribution in [3.8, 4) is 0 Å². The van der Waals surface area contributed by atoms with E-state index in [4.69, 9.17) is 8.83 Å². The van der Waals surface area contributed by atoms with Crippen molar-refractivity contribution in [2.45, 2.75) is 19.3 Å². The highest BCUT2D eigenvalue weighted by atomic mass is 16.3. The van der Waals surface area contributed by atoms with E-state index in [1.54, 1.807) is 0 Å². The summed E-state index contributed by atoms with van der Waals surface area (Å²) in [6, 6.07) is 53.0. The zero-order valence-corrected chi connectivity index (χ0v) is 28.4. The van der Waals surface area contributed by atoms with Gasteiger partial charge in [0.05, 0.1) is 22.1 Å². The van der Waals surface area contributed by atoms with Crippen LogP contribution in [0.15, 0.2) is 160 Å². The first-order valence-electron chi connectivity index (χ1n) is 17.4. The van der Waals surface area contributed by atoms with Crippen LogP contribution in [-0.2, 0) is 5.41 Å². The minimum absolute atomic E-state index is 0.487. The molecule has 0 radical (unpaired) electrons. The molecule has 0 bridgehead atoms. The van der Waals surface area contributed by atoms with Gasteiger partial charge in [-0.1, -0.05) is 117 Å². The fourth-order valence-corrected chi connectivity index (χ4v) is 8.15. The Bertz CT molecular complexity index is 2750. The molecule has 4 nitrogen and oxygen atoms in total. The van der Waals surface area contributed by atoms with E-state index in [0.29, 0.717) is 0 Å². The molecule has 51 heavy (non-hydrogen) atoms. The van der Waals surface area contributed by atoms with Gasteiger partial charge in [0.2, 0.25) is 0 Å². The highest BCUT2D eigenvalue weighted by Crippen LogP contribution is 2.53. The molecule has 10 rings (SSSR count). The van der Waals surface area contributed by atoms with E-state index < -0.39 is 5.41 Å². The maximum Gasteiger partial charge on any atom is 0.145 e. The van der Waals surface area contributed by atoms with Gasteiger partial charge in [-0.15, -0.1) is 0 Å². The Morgan fingerprint density at radius 2 is 1.12 bits per heavy atom. The number of rotatable bonds is 5. The number of nitrogens with one attached hydrogen (secondary N) is 1. The number of nitrogens with zero attached hydrogens (tertiary/aromatic N) is 1. The zero-order chi connectivity index (χ0) is 34.1. The molecule has 1 N–H and O–H groups in total. The van der Waals surface area contributed by atoms with Gasteiger partial charge in [0.1, 0.15) is 22.3 Å². The van der Waals surface area contributed by atoms with E-state index in [1.165, 1.54) is 11.1 Å². The topological polar surface area (TPSA) is 41.6 Å². The molecule has 1 aliphatic rings. The molecule has 0 aliphatic heterocycles. The number of furan rings is 2. The summed E-state index contributed by atoms with van der Waals surface area (Å²) in [5, 5.41) is 8.24. The highest BCUT2D eigenvalue weighted by molar-refractivity contribution is 6.18. The fourth-order valence-electron chi connectivity index (χ4n) is 8.15. The summed E-state index contributed by atoms with van der Waals surface area (Å²) in [6.07, 6.45) is 4.48. The normalized spacial score (nSPS) is 13.4. The standard InChI is InChI=1S/C47H34N2O2/c1-47(2)37-29-38(49(32-18-8-4-9-19-32)33-20-10-5-11-21-33)42-35-22-12-15-25-40(35)51-46(42)34(37)27-26-30-28-41-43(36-23-13-14-24-39(36)50-41)45(44(30)47)48-31-16-6-3-7-17-31/h3-29,48H,1-2H3.